The summed E-state index contributed by atoms with van der Waals surface area (Å²) in [5.74, 6) is -0.480. The van der Waals surface area contributed by atoms with Gasteiger partial charge in [0.1, 0.15) is 0 Å². The summed E-state index contributed by atoms with van der Waals surface area (Å²) in [7, 11) is 1.66. The molecule has 0 unspecified atom stereocenters. The number of nitrogens with zero attached hydrogens (tertiary/aromatic N) is 1. The Hall–Kier alpha value is -2.92. The molecule has 5 nitrogen and oxygen atoms in total. The summed E-state index contributed by atoms with van der Waals surface area (Å²) in [6, 6.07) is 16.0. The van der Waals surface area contributed by atoms with Crippen LogP contribution in [0.25, 0.3) is 10.9 Å². The summed E-state index contributed by atoms with van der Waals surface area (Å²) < 4.78 is 5.37. The van der Waals surface area contributed by atoms with Crippen LogP contribution in [0.3, 0.4) is 0 Å². The third kappa shape index (κ3) is 4.09. The Morgan fingerprint density at radius 1 is 1.19 bits per heavy atom. The number of pyridine rings is 1. The van der Waals surface area contributed by atoms with E-state index in [-0.39, 0.29) is 6.04 Å². The number of amides is 1. The Labute approximate surface area is 159 Å². The number of hydrogen-bond donors (Lipinski definition) is 2. The van der Waals surface area contributed by atoms with E-state index in [0.717, 1.165) is 29.5 Å². The highest BCUT2D eigenvalue weighted by molar-refractivity contribution is 6.08. The van der Waals surface area contributed by atoms with E-state index < -0.39 is 5.91 Å². The molecule has 140 valence electrons. The average Bonchev–Trinajstić information content (AvgIpc) is 2.69. The maximum absolute atomic E-state index is 11.8. The van der Waals surface area contributed by atoms with Crippen LogP contribution in [-0.4, -0.2) is 18.0 Å². The van der Waals surface area contributed by atoms with Crippen molar-refractivity contribution in [1.29, 1.82) is 0 Å². The lowest BCUT2D eigenvalue weighted by molar-refractivity contribution is 0.100. The van der Waals surface area contributed by atoms with Crippen LogP contribution >= 0.6 is 0 Å². The molecule has 1 atom stereocenters. The second-order valence-corrected chi connectivity index (χ2v) is 6.55. The topological polar surface area (TPSA) is 77.2 Å². The highest BCUT2D eigenvalue weighted by Crippen LogP contribution is 2.33. The van der Waals surface area contributed by atoms with Crippen LogP contribution in [0.2, 0.25) is 0 Å². The first-order valence-electron chi connectivity index (χ1n) is 9.16. The number of carbonyl (C=O) groups is 1. The smallest absolute Gasteiger partial charge is 0.250 e. The Balaban J connectivity index is 2.13. The van der Waals surface area contributed by atoms with Gasteiger partial charge in [0.05, 0.1) is 29.4 Å². The maximum atomic E-state index is 11.8. The molecule has 0 bridgehead atoms. The van der Waals surface area contributed by atoms with Crippen molar-refractivity contribution in [3.05, 3.63) is 71.4 Å². The van der Waals surface area contributed by atoms with E-state index in [4.69, 9.17) is 10.5 Å². The van der Waals surface area contributed by atoms with Crippen LogP contribution in [0.1, 0.15) is 47.3 Å². The van der Waals surface area contributed by atoms with Crippen molar-refractivity contribution in [3.63, 3.8) is 0 Å². The van der Waals surface area contributed by atoms with Crippen molar-refractivity contribution < 1.29 is 9.53 Å². The van der Waals surface area contributed by atoms with Crippen LogP contribution in [-0.2, 0) is 11.3 Å². The highest BCUT2D eigenvalue weighted by atomic mass is 16.5. The zero-order chi connectivity index (χ0) is 19.2. The number of fused-ring (bicyclic) bond motifs is 1. The fraction of sp³-hybridized carbons (Fsp3) is 0.273. The van der Waals surface area contributed by atoms with Crippen LogP contribution in [0, 0.1) is 0 Å². The number of nitrogens with two attached hydrogens (primary N) is 1. The van der Waals surface area contributed by atoms with Gasteiger partial charge in [0.2, 0.25) is 0 Å². The molecule has 0 aliphatic carbocycles. The molecule has 0 fully saturated rings. The number of carbonyl (C=O) groups excluding carboxylic acids is 1. The molecule has 3 N–H and O–H groups in total. The zero-order valence-electron chi connectivity index (χ0n) is 15.7. The highest BCUT2D eigenvalue weighted by Gasteiger charge is 2.17. The van der Waals surface area contributed by atoms with Gasteiger partial charge in [0, 0.05) is 24.3 Å². The lowest BCUT2D eigenvalue weighted by Crippen LogP contribution is -2.15. The van der Waals surface area contributed by atoms with Gasteiger partial charge in [-0.25, -0.2) is 0 Å². The normalized spacial score (nSPS) is 12.1. The number of rotatable bonds is 8. The van der Waals surface area contributed by atoms with Gasteiger partial charge in [-0.05, 0) is 18.1 Å². The number of benzene rings is 2. The molecule has 1 heterocycles. The van der Waals surface area contributed by atoms with Crippen LogP contribution in [0.4, 0.5) is 5.69 Å². The van der Waals surface area contributed by atoms with Gasteiger partial charge in [-0.2, -0.15) is 0 Å². The van der Waals surface area contributed by atoms with Gasteiger partial charge in [-0.3, -0.25) is 9.78 Å². The molecule has 5 heteroatoms. The third-order valence-corrected chi connectivity index (χ3v) is 4.64. The second kappa shape index (κ2) is 8.64. The summed E-state index contributed by atoms with van der Waals surface area (Å²) in [6.45, 7) is 2.60. The van der Waals surface area contributed by atoms with E-state index in [1.165, 1.54) is 5.56 Å². The molecule has 0 radical (unpaired) electrons. The second-order valence-electron chi connectivity index (χ2n) is 6.55. The van der Waals surface area contributed by atoms with Crippen molar-refractivity contribution in [1.82, 2.24) is 4.98 Å². The van der Waals surface area contributed by atoms with E-state index >= 15 is 0 Å². The van der Waals surface area contributed by atoms with Crippen molar-refractivity contribution in [3.8, 4) is 0 Å². The number of nitrogens with one attached hydrogen (secondary N) is 1. The largest absolute Gasteiger partial charge is 0.380 e. The molecule has 27 heavy (non-hydrogen) atoms. The van der Waals surface area contributed by atoms with E-state index in [1.54, 1.807) is 19.4 Å². The summed E-state index contributed by atoms with van der Waals surface area (Å²) in [5.41, 5.74) is 9.68. The molecule has 1 amide bonds. The summed E-state index contributed by atoms with van der Waals surface area (Å²) in [6.07, 6.45) is 3.78. The molecule has 0 spiro atoms. The number of ether oxygens (including phenoxy) is 1. The fourth-order valence-corrected chi connectivity index (χ4v) is 3.37. The molecule has 3 rings (SSSR count). The molecule has 0 saturated heterocycles. The van der Waals surface area contributed by atoms with Crippen molar-refractivity contribution in [2.45, 2.75) is 32.4 Å². The van der Waals surface area contributed by atoms with Gasteiger partial charge in [-0.1, -0.05) is 55.8 Å². The lowest BCUT2D eigenvalue weighted by atomic mass is 9.99. The first kappa shape index (κ1) is 18.9. The van der Waals surface area contributed by atoms with E-state index in [0.29, 0.717) is 17.7 Å². The van der Waals surface area contributed by atoms with E-state index in [9.17, 15) is 4.79 Å². The minimum Gasteiger partial charge on any atom is -0.380 e. The molecule has 1 aromatic heterocycles. The van der Waals surface area contributed by atoms with Crippen LogP contribution in [0.5, 0.6) is 0 Å². The fourth-order valence-electron chi connectivity index (χ4n) is 3.37. The van der Waals surface area contributed by atoms with Gasteiger partial charge in [0.25, 0.3) is 5.91 Å². The number of hydrogen-bond acceptors (Lipinski definition) is 4. The third-order valence-electron chi connectivity index (χ3n) is 4.64. The minimum absolute atomic E-state index is 0.148. The molecule has 0 aliphatic rings. The van der Waals surface area contributed by atoms with Gasteiger partial charge in [-0.15, -0.1) is 0 Å². The first-order chi connectivity index (χ1) is 13.2. The molecule has 0 aliphatic heterocycles. The summed E-state index contributed by atoms with van der Waals surface area (Å²) in [5, 5.41) is 4.56. The van der Waals surface area contributed by atoms with Crippen LogP contribution < -0.4 is 11.1 Å². The Bertz CT molecular complexity index is 925. The summed E-state index contributed by atoms with van der Waals surface area (Å²) in [4.78, 5) is 16.3. The van der Waals surface area contributed by atoms with Gasteiger partial charge in [0.15, 0.2) is 0 Å². The van der Waals surface area contributed by atoms with Crippen molar-refractivity contribution >= 4 is 22.5 Å². The Morgan fingerprint density at radius 3 is 2.63 bits per heavy atom. The number of anilines is 1. The SMILES string of the molecule is CCC[C@@H](Nc1c(COC)cnc2c(C(N)=O)cccc12)c1ccccc1. The maximum Gasteiger partial charge on any atom is 0.250 e. The zero-order valence-corrected chi connectivity index (χ0v) is 15.7. The predicted octanol–water partition coefficient (Wildman–Crippen LogP) is 4.43. The van der Waals surface area contributed by atoms with E-state index in [2.05, 4.69) is 29.4 Å². The predicted molar refractivity (Wildman–Crippen MR) is 109 cm³/mol. The minimum atomic E-state index is -0.480. The van der Waals surface area contributed by atoms with Gasteiger partial charge < -0.3 is 15.8 Å². The Kier molecular flexibility index (Phi) is 6.04. The quantitative estimate of drug-likeness (QED) is 0.620. The molecule has 3 aromatic rings. The van der Waals surface area contributed by atoms with E-state index in [1.807, 2.05) is 30.3 Å². The van der Waals surface area contributed by atoms with Crippen LogP contribution in [0.15, 0.2) is 54.7 Å². The lowest BCUT2D eigenvalue weighted by Gasteiger charge is -2.23. The summed E-state index contributed by atoms with van der Waals surface area (Å²) >= 11 is 0. The Morgan fingerprint density at radius 2 is 1.96 bits per heavy atom. The monoisotopic (exact) mass is 363 g/mol. The molecular formula is C22H25N3O2. The van der Waals surface area contributed by atoms with Gasteiger partial charge >= 0.3 is 0 Å². The molecule has 2 aromatic carbocycles. The standard InChI is InChI=1S/C22H25N3O2/c1-3-8-19(15-9-5-4-6-10-15)25-20-16(14-27-2)13-24-21-17(20)11-7-12-18(21)22(23)26/h4-7,9-13,19H,3,8,14H2,1-2H3,(H2,23,26)(H,24,25)/t19-/m1/s1. The number of para-hydroxylation sites is 1. The van der Waals surface area contributed by atoms with Crippen molar-refractivity contribution in [2.75, 3.05) is 12.4 Å². The number of primary amides is 1. The molecular weight excluding hydrogens is 338 g/mol. The molecule has 0 saturated carbocycles. The number of methoxy groups -OCH3 is 1. The first-order valence-corrected chi connectivity index (χ1v) is 9.16. The number of aromatic nitrogens is 1. The van der Waals surface area contributed by atoms with Crippen molar-refractivity contribution in [2.24, 2.45) is 5.73 Å². The average molecular weight is 363 g/mol.